The molecule has 2 amide bonds. The number of hydrogen-bond acceptors (Lipinski definition) is 6. The maximum Gasteiger partial charge on any atom is 0.346 e. The third-order valence-corrected chi connectivity index (χ3v) is 5.04. The number of nitrogens with two attached hydrogens (primary N) is 1. The van der Waals surface area contributed by atoms with Crippen molar-refractivity contribution in [3.63, 3.8) is 0 Å². The van der Waals surface area contributed by atoms with Crippen LogP contribution in [0.4, 0.5) is 4.79 Å². The van der Waals surface area contributed by atoms with Gasteiger partial charge in [0.15, 0.2) is 5.29 Å². The van der Waals surface area contributed by atoms with E-state index in [9.17, 15) is 9.59 Å². The van der Waals surface area contributed by atoms with Crippen molar-refractivity contribution < 1.29 is 23.4 Å². The number of carbonyl (C=O) groups is 2. The Morgan fingerprint density at radius 1 is 1.29 bits per heavy atom. The number of primary amides is 1. The maximum absolute atomic E-state index is 11.7. The minimum atomic E-state index is -3.12. The Bertz CT molecular complexity index is 436. The fourth-order valence-electron chi connectivity index (χ4n) is 1.50. The molecule has 0 saturated carbocycles. The van der Waals surface area contributed by atoms with E-state index in [1.54, 1.807) is 6.92 Å². The summed E-state index contributed by atoms with van der Waals surface area (Å²) in [5.74, 6) is -0.660. The number of amides is 2. The van der Waals surface area contributed by atoms with Crippen LogP contribution in [0, 0.1) is 0 Å². The smallest absolute Gasteiger partial charge is 0.346 e. The van der Waals surface area contributed by atoms with E-state index in [0.717, 1.165) is 4.78 Å². The van der Waals surface area contributed by atoms with Crippen molar-refractivity contribution in [1.29, 1.82) is 0 Å². The van der Waals surface area contributed by atoms with Gasteiger partial charge in [-0.3, -0.25) is 0 Å². The van der Waals surface area contributed by atoms with Gasteiger partial charge in [-0.25, -0.2) is 9.59 Å². The molecule has 0 aromatic carbocycles. The van der Waals surface area contributed by atoms with E-state index in [0.29, 0.717) is 0 Å². The number of urea groups is 1. The lowest BCUT2D eigenvalue weighted by atomic mass is 10.3. The summed E-state index contributed by atoms with van der Waals surface area (Å²) in [5.41, 5.74) is 5.46. The van der Waals surface area contributed by atoms with Crippen LogP contribution in [0.3, 0.4) is 0 Å². The molecule has 1 aliphatic rings. The van der Waals surface area contributed by atoms with Gasteiger partial charge in [0.05, 0.1) is 12.8 Å². The van der Waals surface area contributed by atoms with Gasteiger partial charge in [0, 0.05) is 14.2 Å². The van der Waals surface area contributed by atoms with Gasteiger partial charge in [-0.15, -0.1) is 4.78 Å². The Labute approximate surface area is 98.5 Å². The molecule has 0 radical (unpaired) electrons. The lowest BCUT2D eigenvalue weighted by molar-refractivity contribution is -0.132. The van der Waals surface area contributed by atoms with Gasteiger partial charge in [-0.1, -0.05) is 0 Å². The highest BCUT2D eigenvalue weighted by Gasteiger charge is 2.44. The van der Waals surface area contributed by atoms with Crippen LogP contribution >= 0.6 is 7.49 Å². The van der Waals surface area contributed by atoms with Crippen molar-refractivity contribution in [2.45, 2.75) is 6.92 Å². The third-order valence-electron chi connectivity index (χ3n) is 2.19. The summed E-state index contributed by atoms with van der Waals surface area (Å²) in [4.78, 5) is 23.0. The molecule has 8 nitrogen and oxygen atoms in total. The molecule has 1 rings (SSSR count). The van der Waals surface area contributed by atoms with Crippen molar-refractivity contribution in [3.05, 3.63) is 0 Å². The number of ether oxygens (including phenoxy) is 1. The summed E-state index contributed by atoms with van der Waals surface area (Å²) in [6, 6.07) is -0.861. The molecule has 0 fully saturated rings. The number of rotatable bonds is 3. The molecule has 17 heavy (non-hydrogen) atoms. The molecule has 1 aliphatic heterocycles. The summed E-state index contributed by atoms with van der Waals surface area (Å²) in [6.45, 7) is 1.54. The van der Waals surface area contributed by atoms with E-state index in [1.165, 1.54) is 21.3 Å². The summed E-state index contributed by atoms with van der Waals surface area (Å²) < 4.78 is 15.9. The van der Waals surface area contributed by atoms with E-state index in [2.05, 4.69) is 9.84 Å². The first-order valence-corrected chi connectivity index (χ1v) is 6.14. The lowest BCUT2D eigenvalue weighted by Crippen LogP contribution is -2.30. The highest BCUT2D eigenvalue weighted by molar-refractivity contribution is 7.70. The van der Waals surface area contributed by atoms with Gasteiger partial charge in [-0.2, -0.15) is 5.10 Å². The van der Waals surface area contributed by atoms with E-state index >= 15 is 0 Å². The second kappa shape index (κ2) is 4.87. The zero-order valence-electron chi connectivity index (χ0n) is 9.96. The quantitative estimate of drug-likeness (QED) is 0.577. The molecular formula is C8H14N3O5P. The Balaban J connectivity index is 3.51. The first-order chi connectivity index (χ1) is 7.94. The van der Waals surface area contributed by atoms with Crippen molar-refractivity contribution >= 4 is 30.5 Å². The fraction of sp³-hybridized carbons (Fsp3) is 0.500. The largest absolute Gasteiger partial charge is 0.465 e. The third kappa shape index (κ3) is 1.95. The van der Waals surface area contributed by atoms with Gasteiger partial charge in [-0.05, 0) is 6.92 Å². The number of esters is 1. The molecule has 9 heteroatoms. The predicted octanol–water partition coefficient (Wildman–Crippen LogP) is 0.157. The monoisotopic (exact) mass is 263 g/mol. The maximum atomic E-state index is 11.7. The molecule has 0 aliphatic carbocycles. The van der Waals surface area contributed by atoms with Crippen LogP contribution in [0.1, 0.15) is 6.92 Å². The molecule has 96 valence electrons. The van der Waals surface area contributed by atoms with Crippen LogP contribution in [0.25, 0.3) is 0 Å². The first-order valence-electron chi connectivity index (χ1n) is 4.56. The van der Waals surface area contributed by atoms with Gasteiger partial charge in [0.25, 0.3) is 7.49 Å². The zero-order chi connectivity index (χ0) is 13.2. The molecule has 0 atom stereocenters. The lowest BCUT2D eigenvalue weighted by Gasteiger charge is -2.26. The Hall–Kier alpha value is -1.37. The van der Waals surface area contributed by atoms with Gasteiger partial charge in [0.1, 0.15) is 0 Å². The van der Waals surface area contributed by atoms with Crippen molar-refractivity contribution in [3.8, 4) is 0 Å². The molecule has 0 aromatic heterocycles. The number of methoxy groups -OCH3 is 1. The topological polar surface area (TPSA) is 103 Å². The molecule has 0 aromatic rings. The van der Waals surface area contributed by atoms with Crippen LogP contribution < -0.4 is 5.73 Å². The number of hydrogen-bond donors (Lipinski definition) is 1. The Kier molecular flexibility index (Phi) is 3.92. The van der Waals surface area contributed by atoms with E-state index in [4.69, 9.17) is 14.8 Å². The zero-order valence-corrected chi connectivity index (χ0v) is 10.9. The Morgan fingerprint density at radius 2 is 1.82 bits per heavy atom. The van der Waals surface area contributed by atoms with Gasteiger partial charge in [0.2, 0.25) is 0 Å². The van der Waals surface area contributed by atoms with Gasteiger partial charge >= 0.3 is 12.0 Å². The van der Waals surface area contributed by atoms with Crippen molar-refractivity contribution in [1.82, 2.24) is 4.78 Å². The standard InChI is InChI=1S/C8H14N3O5P/c1-5-6(7(12)14-2)17(15-3,16-4)11(10-5)8(9)13/h1-4H3,(H2,9,13). The highest BCUT2D eigenvalue weighted by atomic mass is 31.2. The average molecular weight is 263 g/mol. The van der Waals surface area contributed by atoms with E-state index in [-0.39, 0.29) is 11.0 Å². The second-order valence-electron chi connectivity index (χ2n) is 3.04. The normalized spacial score (nSPS) is 18.0. The Morgan fingerprint density at radius 3 is 2.18 bits per heavy atom. The highest BCUT2D eigenvalue weighted by Crippen LogP contribution is 2.57. The summed E-state index contributed by atoms with van der Waals surface area (Å²) in [7, 11) is 0.721. The summed E-state index contributed by atoms with van der Waals surface area (Å²) in [6.07, 6.45) is 0. The van der Waals surface area contributed by atoms with E-state index < -0.39 is 19.5 Å². The number of hydrazone groups is 1. The number of carbonyl (C=O) groups excluding carboxylic acids is 2. The van der Waals surface area contributed by atoms with Gasteiger partial charge < -0.3 is 19.5 Å². The molecule has 1 heterocycles. The first kappa shape index (κ1) is 13.7. The molecule has 0 bridgehead atoms. The molecular weight excluding hydrogens is 249 g/mol. The minimum Gasteiger partial charge on any atom is -0.465 e. The molecule has 0 spiro atoms. The fourth-order valence-corrected chi connectivity index (χ4v) is 3.80. The van der Waals surface area contributed by atoms with Crippen LogP contribution in [0.15, 0.2) is 5.10 Å². The van der Waals surface area contributed by atoms with Crippen LogP contribution in [-0.2, 0) is 18.6 Å². The van der Waals surface area contributed by atoms with Crippen molar-refractivity contribution in [2.75, 3.05) is 21.3 Å². The summed E-state index contributed by atoms with van der Waals surface area (Å²) >= 11 is 0. The van der Waals surface area contributed by atoms with Crippen LogP contribution in [0.2, 0.25) is 0 Å². The number of nitrogens with zero attached hydrogens (tertiary/aromatic N) is 2. The average Bonchev–Trinajstić information content (AvgIpc) is 2.61. The molecule has 0 saturated heterocycles. The molecule has 0 unspecified atom stereocenters. The minimum absolute atomic E-state index is 0.0869. The summed E-state index contributed by atoms with van der Waals surface area (Å²) in [5, 5.41) is 3.96. The predicted molar refractivity (Wildman–Crippen MR) is 62.5 cm³/mol. The second-order valence-corrected chi connectivity index (χ2v) is 5.64. The van der Waals surface area contributed by atoms with Crippen LogP contribution in [0.5, 0.6) is 0 Å². The van der Waals surface area contributed by atoms with Crippen LogP contribution in [-0.4, -0.2) is 49.1 Å². The van der Waals surface area contributed by atoms with E-state index in [1.807, 2.05) is 0 Å². The molecule has 2 N–H and O–H groups in total. The SMILES string of the molecule is COC(=O)C1=P(OC)(OC)N(C(N)=O)N=C1C. The van der Waals surface area contributed by atoms with Crippen molar-refractivity contribution in [2.24, 2.45) is 10.8 Å².